The third-order valence-electron chi connectivity index (χ3n) is 6.07. The molecular weight excluding hydrogens is 500 g/mol. The summed E-state index contributed by atoms with van der Waals surface area (Å²) in [4.78, 5) is 2.24. The number of ether oxygens (including phenoxy) is 1. The molecule has 3 aromatic carbocycles. The van der Waals surface area contributed by atoms with Gasteiger partial charge in [0.05, 0.1) is 7.11 Å². The van der Waals surface area contributed by atoms with Crippen LogP contribution in [0.2, 0.25) is 0 Å². The summed E-state index contributed by atoms with van der Waals surface area (Å²) in [6, 6.07) is 21.9. The topological polar surface area (TPSA) is 80.4 Å². The summed E-state index contributed by atoms with van der Waals surface area (Å²) >= 11 is 0. The quantitative estimate of drug-likeness (QED) is 0.253. The van der Waals surface area contributed by atoms with E-state index in [9.17, 15) is 4.39 Å². The number of nitrogens with one attached hydrogen (secondary N) is 2. The predicted molar refractivity (Wildman–Crippen MR) is 141 cm³/mol. The number of benzene rings is 3. The van der Waals surface area contributed by atoms with Crippen molar-refractivity contribution in [2.75, 3.05) is 19.1 Å². The number of nitrogens with zero attached hydrogens (tertiary/aromatic N) is 1. The van der Waals surface area contributed by atoms with E-state index in [4.69, 9.17) is 20.7 Å². The number of anilines is 1. The van der Waals surface area contributed by atoms with Crippen molar-refractivity contribution in [1.29, 1.82) is 10.8 Å². The fraction of sp³-hybridized carbons (Fsp3) is 0.172. The molecule has 1 radical (unpaired) electrons. The third-order valence-corrected chi connectivity index (χ3v) is 6.07. The Labute approximate surface area is 222 Å². The zero-order valence-electron chi connectivity index (χ0n) is 20.5. The van der Waals surface area contributed by atoms with E-state index in [-0.39, 0.29) is 28.0 Å². The van der Waals surface area contributed by atoms with Crippen LogP contribution in [-0.2, 0) is 28.6 Å². The van der Waals surface area contributed by atoms with Crippen LogP contribution < -0.4 is 9.64 Å². The molecule has 0 aliphatic carbocycles. The minimum Gasteiger partial charge on any atom is -0.497 e. The molecule has 1 aliphatic heterocycles. The number of fused-ring (bicyclic) bond motifs is 1. The van der Waals surface area contributed by atoms with Crippen molar-refractivity contribution < 1.29 is 31.0 Å². The van der Waals surface area contributed by atoms with Gasteiger partial charge in [0.1, 0.15) is 11.6 Å². The summed E-state index contributed by atoms with van der Waals surface area (Å²) in [7, 11) is 3.81. The first-order valence-electron chi connectivity index (χ1n) is 11.2. The minimum atomic E-state index is -0.542. The monoisotopic (exact) mass is 530 g/mol. The summed E-state index contributed by atoms with van der Waals surface area (Å²) in [5, 5.41) is 22.5. The second kappa shape index (κ2) is 12.9. The molecule has 4 rings (SSSR count). The number of rotatable bonds is 6. The zero-order valence-corrected chi connectivity index (χ0v) is 21.5. The smallest absolute Gasteiger partial charge is 0.210 e. The van der Waals surface area contributed by atoms with Gasteiger partial charge in [0.25, 0.3) is 0 Å². The molecule has 0 amide bonds. The van der Waals surface area contributed by atoms with Crippen LogP contribution in [0.15, 0.2) is 96.7 Å². The molecule has 3 N–H and O–H groups in total. The van der Waals surface area contributed by atoms with Crippen molar-refractivity contribution in [2.45, 2.75) is 18.8 Å². The van der Waals surface area contributed by atoms with Crippen molar-refractivity contribution in [2.24, 2.45) is 0 Å². The summed E-state index contributed by atoms with van der Waals surface area (Å²) < 4.78 is 17.7. The van der Waals surface area contributed by atoms with E-state index < -0.39 is 5.90 Å². The fourth-order valence-electron chi connectivity index (χ4n) is 4.31. The van der Waals surface area contributed by atoms with Gasteiger partial charge in [-0.25, -0.2) is 4.39 Å². The molecule has 189 valence electrons. The van der Waals surface area contributed by atoms with Crippen LogP contribution in [0.3, 0.4) is 0 Å². The molecule has 1 unspecified atom stereocenters. The fourth-order valence-corrected chi connectivity index (χ4v) is 4.31. The molecule has 1 atom stereocenters. The van der Waals surface area contributed by atoms with Crippen molar-refractivity contribution in [1.82, 2.24) is 0 Å². The van der Waals surface area contributed by atoms with Gasteiger partial charge >= 0.3 is 0 Å². The molecule has 0 saturated carbocycles. The molecule has 1 heterocycles. The Bertz CT molecular complexity index is 1240. The van der Waals surface area contributed by atoms with Gasteiger partial charge in [0.2, 0.25) is 5.90 Å². The van der Waals surface area contributed by atoms with E-state index in [0.717, 1.165) is 12.2 Å². The Balaban J connectivity index is 0.000000350. The Morgan fingerprint density at radius 2 is 1.72 bits per heavy atom. The standard InChI is InChI=1S/C22H24N2O.C7H6FNO.Co/c1-22(16-17-9-5-4-6-10-17)19-15-18(25-3)12-13-20(19)24(2)21(22)11-7-8-14-23;8-6-3-1-5(2-4-6)7(9)10;/h4-15,23H,16H2,1-3H3;1-4H,(H2,9,10);/b8-7+,21-11-,23-14?;;. The Kier molecular flexibility index (Phi) is 10.2. The zero-order chi connectivity index (χ0) is 25.4. The molecule has 7 heteroatoms. The maximum absolute atomic E-state index is 12.2. The van der Waals surface area contributed by atoms with Crippen molar-refractivity contribution >= 4 is 17.8 Å². The summed E-state index contributed by atoms with van der Waals surface area (Å²) in [6.07, 6.45) is 8.00. The van der Waals surface area contributed by atoms with Gasteiger partial charge < -0.3 is 20.2 Å². The van der Waals surface area contributed by atoms with Crippen LogP contribution in [0.1, 0.15) is 23.6 Å². The van der Waals surface area contributed by atoms with E-state index in [1.54, 1.807) is 13.2 Å². The van der Waals surface area contributed by atoms with Crippen LogP contribution in [0.4, 0.5) is 10.1 Å². The van der Waals surface area contributed by atoms with Gasteiger partial charge in [-0.05, 0) is 79.1 Å². The number of aliphatic hydroxyl groups excluding tert-OH is 1. The molecule has 0 fully saturated rings. The largest absolute Gasteiger partial charge is 0.497 e. The van der Waals surface area contributed by atoms with E-state index >= 15 is 0 Å². The first-order valence-corrected chi connectivity index (χ1v) is 11.2. The SMILES string of the molecule is COc1ccc2c(c1)C(C)(Cc1ccccc1)/C(=C/C=C/C=N)N2C.N=C(O)c1ccc(F)cc1.[Co]. The Morgan fingerprint density at radius 1 is 1.06 bits per heavy atom. The summed E-state index contributed by atoms with van der Waals surface area (Å²) in [5.41, 5.74) is 5.16. The maximum atomic E-state index is 12.2. The first-order chi connectivity index (χ1) is 16.8. The van der Waals surface area contributed by atoms with Gasteiger partial charge in [-0.3, -0.25) is 5.41 Å². The number of methoxy groups -OCH3 is 1. The van der Waals surface area contributed by atoms with E-state index in [2.05, 4.69) is 61.3 Å². The molecule has 36 heavy (non-hydrogen) atoms. The van der Waals surface area contributed by atoms with Gasteiger partial charge in [0, 0.05) is 52.4 Å². The number of hydrogen-bond donors (Lipinski definition) is 3. The van der Waals surface area contributed by atoms with Crippen molar-refractivity contribution in [3.05, 3.63) is 119 Å². The first kappa shape index (κ1) is 28.6. The third kappa shape index (κ3) is 6.50. The molecule has 5 nitrogen and oxygen atoms in total. The number of aliphatic hydroxyl groups is 1. The molecule has 0 aromatic heterocycles. The summed E-state index contributed by atoms with van der Waals surface area (Å²) in [5.74, 6) is -0.0345. The molecule has 0 spiro atoms. The average Bonchev–Trinajstić information content (AvgIpc) is 3.06. The van der Waals surface area contributed by atoms with Gasteiger partial charge in [-0.1, -0.05) is 36.4 Å². The van der Waals surface area contributed by atoms with Crippen LogP contribution in [-0.4, -0.2) is 31.4 Å². The maximum Gasteiger partial charge on any atom is 0.210 e. The normalized spacial score (nSPS) is 17.1. The number of allylic oxidation sites excluding steroid dienone is 4. The summed E-state index contributed by atoms with van der Waals surface area (Å²) in [6.45, 7) is 2.28. The minimum absolute atomic E-state index is 0. The predicted octanol–water partition coefficient (Wildman–Crippen LogP) is 6.44. The number of likely N-dealkylation sites (N-methyl/N-ethyl adjacent to an activating group) is 1. The van der Waals surface area contributed by atoms with Crippen molar-refractivity contribution in [3.8, 4) is 5.75 Å². The average molecular weight is 531 g/mol. The molecule has 3 aromatic rings. The second-order valence-electron chi connectivity index (χ2n) is 8.40. The number of halogens is 1. The van der Waals surface area contributed by atoms with Crippen molar-refractivity contribution in [3.63, 3.8) is 0 Å². The van der Waals surface area contributed by atoms with Crippen LogP contribution >= 0.6 is 0 Å². The Morgan fingerprint density at radius 3 is 2.31 bits per heavy atom. The Hall–Kier alpha value is -3.68. The van der Waals surface area contributed by atoms with Crippen LogP contribution in [0.5, 0.6) is 5.75 Å². The molecule has 0 bridgehead atoms. The van der Waals surface area contributed by atoms with E-state index in [1.807, 2.05) is 18.2 Å². The molecule has 0 saturated heterocycles. The van der Waals surface area contributed by atoms with Gasteiger partial charge in [-0.2, -0.15) is 0 Å². The van der Waals surface area contributed by atoms with Crippen LogP contribution in [0, 0.1) is 16.6 Å². The van der Waals surface area contributed by atoms with E-state index in [0.29, 0.717) is 5.56 Å². The van der Waals surface area contributed by atoms with Crippen LogP contribution in [0.25, 0.3) is 0 Å². The molecule has 1 aliphatic rings. The van der Waals surface area contributed by atoms with Gasteiger partial charge in [0.15, 0.2) is 0 Å². The second-order valence-corrected chi connectivity index (χ2v) is 8.40. The van der Waals surface area contributed by atoms with E-state index in [1.165, 1.54) is 53.0 Å². The molecular formula is C29H30CoFN3O2. The van der Waals surface area contributed by atoms with Gasteiger partial charge in [-0.15, -0.1) is 0 Å². The number of hydrogen-bond acceptors (Lipinski definition) is 4.